The van der Waals surface area contributed by atoms with E-state index in [0.717, 1.165) is 57.0 Å². The van der Waals surface area contributed by atoms with E-state index in [1.807, 2.05) is 6.07 Å². The number of aromatic nitrogens is 1. The molecule has 0 aliphatic carbocycles. The highest BCUT2D eigenvalue weighted by molar-refractivity contribution is 5.25. The fourth-order valence-corrected chi connectivity index (χ4v) is 2.34. The van der Waals surface area contributed by atoms with Gasteiger partial charge in [-0.3, -0.25) is 0 Å². The number of hydrogen-bond acceptors (Lipinski definition) is 4. The Kier molecular flexibility index (Phi) is 6.27. The largest absolute Gasteiger partial charge is 0.475 e. The van der Waals surface area contributed by atoms with Gasteiger partial charge in [-0.25, -0.2) is 4.98 Å². The molecular formula is C16H26N2O2. The standard InChI is InChI=1S/C16H26N2O2/c1-3-7-17-11-13-9-14(4-2)18-16(10-13)20-12-15-6-5-8-19-15/h9-10,15,17H,3-8,11-12H2,1-2H3. The Bertz CT molecular complexity index is 403. The molecule has 1 saturated heterocycles. The van der Waals surface area contributed by atoms with Gasteiger partial charge in [0.1, 0.15) is 6.61 Å². The Morgan fingerprint density at radius 3 is 3.00 bits per heavy atom. The van der Waals surface area contributed by atoms with Crippen molar-refractivity contribution in [3.63, 3.8) is 0 Å². The molecule has 0 bridgehead atoms. The van der Waals surface area contributed by atoms with E-state index in [9.17, 15) is 0 Å². The van der Waals surface area contributed by atoms with Crippen LogP contribution in [0.5, 0.6) is 5.88 Å². The molecular weight excluding hydrogens is 252 g/mol. The lowest BCUT2D eigenvalue weighted by Crippen LogP contribution is -2.18. The zero-order chi connectivity index (χ0) is 14.2. The highest BCUT2D eigenvalue weighted by Crippen LogP contribution is 2.17. The third-order valence-corrected chi connectivity index (χ3v) is 3.47. The van der Waals surface area contributed by atoms with Crippen LogP contribution in [0.4, 0.5) is 0 Å². The SMILES string of the molecule is CCCNCc1cc(CC)nc(OCC2CCCO2)c1. The van der Waals surface area contributed by atoms with E-state index in [0.29, 0.717) is 6.61 Å². The maximum atomic E-state index is 5.82. The van der Waals surface area contributed by atoms with Crippen LogP contribution in [0, 0.1) is 0 Å². The molecule has 2 rings (SSSR count). The van der Waals surface area contributed by atoms with Crippen molar-refractivity contribution in [2.24, 2.45) is 0 Å². The van der Waals surface area contributed by atoms with Crippen LogP contribution in [0.2, 0.25) is 0 Å². The monoisotopic (exact) mass is 278 g/mol. The number of hydrogen-bond donors (Lipinski definition) is 1. The summed E-state index contributed by atoms with van der Waals surface area (Å²) in [4.78, 5) is 4.54. The van der Waals surface area contributed by atoms with Crippen molar-refractivity contribution < 1.29 is 9.47 Å². The van der Waals surface area contributed by atoms with Crippen LogP contribution < -0.4 is 10.1 Å². The summed E-state index contributed by atoms with van der Waals surface area (Å²) in [6.45, 7) is 7.68. The van der Waals surface area contributed by atoms with Crippen LogP contribution in [0.25, 0.3) is 0 Å². The highest BCUT2D eigenvalue weighted by Gasteiger charge is 2.16. The van der Waals surface area contributed by atoms with E-state index in [1.54, 1.807) is 0 Å². The van der Waals surface area contributed by atoms with Crippen molar-refractivity contribution in [3.8, 4) is 5.88 Å². The minimum absolute atomic E-state index is 0.240. The van der Waals surface area contributed by atoms with Gasteiger partial charge in [0.05, 0.1) is 6.10 Å². The van der Waals surface area contributed by atoms with Crippen molar-refractivity contribution >= 4 is 0 Å². The third-order valence-electron chi connectivity index (χ3n) is 3.47. The second-order valence-corrected chi connectivity index (χ2v) is 5.28. The molecule has 0 aromatic carbocycles. The lowest BCUT2D eigenvalue weighted by molar-refractivity contribution is 0.0662. The zero-order valence-corrected chi connectivity index (χ0v) is 12.7. The Balaban J connectivity index is 1.93. The van der Waals surface area contributed by atoms with Crippen LogP contribution in [0.3, 0.4) is 0 Å². The summed E-state index contributed by atoms with van der Waals surface area (Å²) in [6, 6.07) is 4.19. The molecule has 0 spiro atoms. The summed E-state index contributed by atoms with van der Waals surface area (Å²) in [5.41, 5.74) is 2.33. The van der Waals surface area contributed by atoms with E-state index in [-0.39, 0.29) is 6.10 Å². The van der Waals surface area contributed by atoms with Gasteiger partial charge in [-0.05, 0) is 43.9 Å². The number of pyridine rings is 1. The molecule has 112 valence electrons. The number of rotatable bonds is 8. The van der Waals surface area contributed by atoms with Gasteiger partial charge < -0.3 is 14.8 Å². The van der Waals surface area contributed by atoms with Crippen LogP contribution >= 0.6 is 0 Å². The molecule has 1 aliphatic heterocycles. The van der Waals surface area contributed by atoms with Gasteiger partial charge in [-0.1, -0.05) is 13.8 Å². The summed E-state index contributed by atoms with van der Waals surface area (Å²) in [6.07, 6.45) is 4.55. The molecule has 0 amide bonds. The van der Waals surface area contributed by atoms with Crippen molar-refractivity contribution in [2.45, 2.75) is 52.2 Å². The zero-order valence-electron chi connectivity index (χ0n) is 12.7. The lowest BCUT2D eigenvalue weighted by Gasteiger charge is -2.13. The van der Waals surface area contributed by atoms with Gasteiger partial charge in [0.2, 0.25) is 5.88 Å². The number of ether oxygens (including phenoxy) is 2. The van der Waals surface area contributed by atoms with E-state index < -0.39 is 0 Å². The minimum atomic E-state index is 0.240. The van der Waals surface area contributed by atoms with Crippen molar-refractivity contribution in [1.29, 1.82) is 0 Å². The summed E-state index contributed by atoms with van der Waals surface area (Å²) in [5, 5.41) is 3.42. The van der Waals surface area contributed by atoms with E-state index in [2.05, 4.69) is 30.2 Å². The predicted octanol–water partition coefficient (Wildman–Crippen LogP) is 2.70. The average molecular weight is 278 g/mol. The fourth-order valence-electron chi connectivity index (χ4n) is 2.34. The molecule has 1 aliphatic rings. The molecule has 1 aromatic heterocycles. The van der Waals surface area contributed by atoms with Gasteiger partial charge in [-0.15, -0.1) is 0 Å². The van der Waals surface area contributed by atoms with Crippen LogP contribution in [-0.4, -0.2) is 30.8 Å². The Hall–Kier alpha value is -1.13. The summed E-state index contributed by atoms with van der Waals surface area (Å²) < 4.78 is 11.4. The molecule has 4 nitrogen and oxygen atoms in total. The molecule has 1 aromatic rings. The van der Waals surface area contributed by atoms with Crippen molar-refractivity contribution in [1.82, 2.24) is 10.3 Å². The van der Waals surface area contributed by atoms with Crippen LogP contribution in [0.15, 0.2) is 12.1 Å². The quantitative estimate of drug-likeness (QED) is 0.743. The van der Waals surface area contributed by atoms with Gasteiger partial charge in [-0.2, -0.15) is 0 Å². The summed E-state index contributed by atoms with van der Waals surface area (Å²) in [5.74, 6) is 0.730. The van der Waals surface area contributed by atoms with Gasteiger partial charge in [0.25, 0.3) is 0 Å². The van der Waals surface area contributed by atoms with Crippen molar-refractivity contribution in [2.75, 3.05) is 19.8 Å². The van der Waals surface area contributed by atoms with Gasteiger partial charge in [0.15, 0.2) is 0 Å². The van der Waals surface area contributed by atoms with Crippen LogP contribution in [-0.2, 0) is 17.7 Å². The second-order valence-electron chi connectivity index (χ2n) is 5.28. The average Bonchev–Trinajstić information content (AvgIpc) is 2.98. The first-order chi connectivity index (χ1) is 9.81. The molecule has 1 N–H and O–H groups in total. The molecule has 1 unspecified atom stereocenters. The first-order valence-corrected chi connectivity index (χ1v) is 7.76. The molecule has 0 saturated carbocycles. The predicted molar refractivity (Wildman–Crippen MR) is 80.1 cm³/mol. The summed E-state index contributed by atoms with van der Waals surface area (Å²) in [7, 11) is 0. The Labute approximate surface area is 121 Å². The van der Waals surface area contributed by atoms with E-state index in [4.69, 9.17) is 9.47 Å². The normalized spacial score (nSPS) is 18.4. The second kappa shape index (κ2) is 8.22. The van der Waals surface area contributed by atoms with E-state index in [1.165, 1.54) is 5.56 Å². The van der Waals surface area contributed by atoms with Gasteiger partial charge >= 0.3 is 0 Å². The topological polar surface area (TPSA) is 43.4 Å². The Morgan fingerprint density at radius 2 is 2.30 bits per heavy atom. The first kappa shape index (κ1) is 15.3. The maximum Gasteiger partial charge on any atom is 0.213 e. The first-order valence-electron chi connectivity index (χ1n) is 7.76. The number of nitrogens with one attached hydrogen (secondary N) is 1. The smallest absolute Gasteiger partial charge is 0.213 e. The minimum Gasteiger partial charge on any atom is -0.475 e. The lowest BCUT2D eigenvalue weighted by atomic mass is 10.2. The van der Waals surface area contributed by atoms with Crippen LogP contribution in [0.1, 0.15) is 44.4 Å². The van der Waals surface area contributed by atoms with Crippen molar-refractivity contribution in [3.05, 3.63) is 23.4 Å². The molecule has 1 atom stereocenters. The maximum absolute atomic E-state index is 5.82. The van der Waals surface area contributed by atoms with E-state index >= 15 is 0 Å². The number of nitrogens with zero attached hydrogens (tertiary/aromatic N) is 1. The Morgan fingerprint density at radius 1 is 1.40 bits per heavy atom. The van der Waals surface area contributed by atoms with Gasteiger partial charge in [0, 0.05) is 24.9 Å². The molecule has 20 heavy (non-hydrogen) atoms. The summed E-state index contributed by atoms with van der Waals surface area (Å²) >= 11 is 0. The fraction of sp³-hybridized carbons (Fsp3) is 0.688. The molecule has 2 heterocycles. The molecule has 1 fully saturated rings. The molecule has 4 heteroatoms. The number of aryl methyl sites for hydroxylation is 1. The highest BCUT2D eigenvalue weighted by atomic mass is 16.5. The third kappa shape index (κ3) is 4.76. The molecule has 0 radical (unpaired) electrons.